The average Bonchev–Trinajstić information content (AvgIpc) is 2.78. The summed E-state index contributed by atoms with van der Waals surface area (Å²) >= 11 is 0. The molecule has 0 saturated carbocycles. The second-order valence-electron chi connectivity index (χ2n) is 6.35. The molecule has 1 aliphatic heterocycles. The van der Waals surface area contributed by atoms with Gasteiger partial charge in [-0.05, 0) is 38.8 Å². The Balaban J connectivity index is 2.29. The fraction of sp³-hybridized carbons (Fsp3) is 0.625. The molecule has 0 spiro atoms. The van der Waals surface area contributed by atoms with Crippen LogP contribution in [-0.4, -0.2) is 42.3 Å². The van der Waals surface area contributed by atoms with Gasteiger partial charge in [0.1, 0.15) is 11.4 Å². The van der Waals surface area contributed by atoms with Gasteiger partial charge in [0.2, 0.25) is 15.9 Å². The van der Waals surface area contributed by atoms with Crippen LogP contribution in [0.25, 0.3) is 0 Å². The molecule has 0 aliphatic carbocycles. The van der Waals surface area contributed by atoms with Crippen molar-refractivity contribution in [3.8, 4) is 0 Å². The van der Waals surface area contributed by atoms with Gasteiger partial charge in [-0.15, -0.1) is 0 Å². The van der Waals surface area contributed by atoms with E-state index in [1.165, 1.54) is 22.6 Å². The molecule has 1 saturated heterocycles. The monoisotopic (exact) mass is 355 g/mol. The molecule has 0 bridgehead atoms. The predicted octanol–water partition coefficient (Wildman–Crippen LogP) is 0.938. The van der Waals surface area contributed by atoms with Crippen molar-refractivity contribution in [3.05, 3.63) is 28.7 Å². The summed E-state index contributed by atoms with van der Waals surface area (Å²) in [6, 6.07) is 2.77. The number of hydrogen-bond donors (Lipinski definition) is 1. The second-order valence-corrected chi connectivity index (χ2v) is 8.25. The highest BCUT2D eigenvalue weighted by Crippen LogP contribution is 2.17. The zero-order valence-electron chi connectivity index (χ0n) is 14.2. The molecule has 1 amide bonds. The Morgan fingerprint density at radius 3 is 2.42 bits per heavy atom. The van der Waals surface area contributed by atoms with E-state index in [-0.39, 0.29) is 23.4 Å². The number of aromatic nitrogens is 1. The van der Waals surface area contributed by atoms with Crippen molar-refractivity contribution >= 4 is 15.9 Å². The van der Waals surface area contributed by atoms with Gasteiger partial charge >= 0.3 is 0 Å². The molecular weight excluding hydrogens is 330 g/mol. The lowest BCUT2D eigenvalue weighted by atomic mass is 10.2. The number of nitrogens with one attached hydrogen (secondary N) is 1. The predicted molar refractivity (Wildman–Crippen MR) is 91.2 cm³/mol. The molecule has 2 rings (SSSR count). The first-order valence-electron chi connectivity index (χ1n) is 8.31. The number of hydrogen-bond acceptors (Lipinski definition) is 4. The smallest absolute Gasteiger partial charge is 0.271 e. The van der Waals surface area contributed by atoms with E-state index in [4.69, 9.17) is 0 Å². The minimum Gasteiger partial charge on any atom is -0.352 e. The van der Waals surface area contributed by atoms with Crippen molar-refractivity contribution in [2.75, 3.05) is 13.1 Å². The van der Waals surface area contributed by atoms with Crippen molar-refractivity contribution in [1.29, 1.82) is 0 Å². The summed E-state index contributed by atoms with van der Waals surface area (Å²) in [4.78, 5) is 24.1. The summed E-state index contributed by atoms with van der Waals surface area (Å²) in [6.45, 7) is 4.32. The third-order valence-corrected chi connectivity index (χ3v) is 5.84. The summed E-state index contributed by atoms with van der Waals surface area (Å²) in [5.41, 5.74) is -0.652. The number of amides is 1. The number of carbonyl (C=O) groups is 1. The summed E-state index contributed by atoms with van der Waals surface area (Å²) in [5.74, 6) is -0.323. The van der Waals surface area contributed by atoms with Crippen LogP contribution in [-0.2, 0) is 21.4 Å². The maximum Gasteiger partial charge on any atom is 0.271 e. The van der Waals surface area contributed by atoms with E-state index in [0.717, 1.165) is 30.3 Å². The van der Waals surface area contributed by atoms with Crippen molar-refractivity contribution in [1.82, 2.24) is 14.2 Å². The van der Waals surface area contributed by atoms with E-state index in [1.54, 1.807) is 0 Å². The molecule has 0 radical (unpaired) electrons. The molecule has 1 N–H and O–H groups in total. The molecule has 2 heterocycles. The highest BCUT2D eigenvalue weighted by Gasteiger charge is 2.28. The highest BCUT2D eigenvalue weighted by molar-refractivity contribution is 7.89. The van der Waals surface area contributed by atoms with Crippen LogP contribution in [0.3, 0.4) is 0 Å². The van der Waals surface area contributed by atoms with E-state index < -0.39 is 15.6 Å². The number of pyridine rings is 1. The van der Waals surface area contributed by atoms with E-state index in [0.29, 0.717) is 13.1 Å². The Bertz CT molecular complexity index is 732. The third-order valence-electron chi connectivity index (χ3n) is 3.93. The molecule has 134 valence electrons. The molecule has 1 aliphatic rings. The Hall–Kier alpha value is -1.67. The minimum absolute atomic E-state index is 0.0442. The van der Waals surface area contributed by atoms with Crippen molar-refractivity contribution in [2.45, 2.75) is 57.0 Å². The van der Waals surface area contributed by atoms with E-state index in [2.05, 4.69) is 5.32 Å². The van der Waals surface area contributed by atoms with Crippen molar-refractivity contribution in [3.63, 3.8) is 0 Å². The lowest BCUT2D eigenvalue weighted by Gasteiger charge is -2.20. The molecule has 8 heteroatoms. The quantitative estimate of drug-likeness (QED) is 0.851. The van der Waals surface area contributed by atoms with Crippen LogP contribution in [0.5, 0.6) is 0 Å². The maximum absolute atomic E-state index is 12.8. The van der Waals surface area contributed by atoms with E-state index in [9.17, 15) is 18.0 Å². The first kappa shape index (κ1) is 18.7. The SMILES string of the molecule is CC(C)NC(=O)Cn1cccc(S(=O)(=O)N2CCCCCC2)c1=O. The first-order chi connectivity index (χ1) is 11.3. The molecule has 0 aromatic carbocycles. The summed E-state index contributed by atoms with van der Waals surface area (Å²) in [6.07, 6.45) is 5.04. The Labute approximate surface area is 142 Å². The highest BCUT2D eigenvalue weighted by atomic mass is 32.2. The van der Waals surface area contributed by atoms with Crippen LogP contribution in [0, 0.1) is 0 Å². The van der Waals surface area contributed by atoms with Crippen LogP contribution in [0.15, 0.2) is 28.0 Å². The number of rotatable bonds is 5. The summed E-state index contributed by atoms with van der Waals surface area (Å²) < 4.78 is 28.1. The normalized spacial score (nSPS) is 16.8. The molecular formula is C16H25N3O4S. The van der Waals surface area contributed by atoms with Gasteiger partial charge < -0.3 is 9.88 Å². The molecule has 24 heavy (non-hydrogen) atoms. The van der Waals surface area contributed by atoms with Gasteiger partial charge in [-0.1, -0.05) is 12.8 Å². The number of sulfonamides is 1. The van der Waals surface area contributed by atoms with Gasteiger partial charge in [0, 0.05) is 25.3 Å². The fourth-order valence-corrected chi connectivity index (χ4v) is 4.38. The second kappa shape index (κ2) is 7.94. The summed E-state index contributed by atoms with van der Waals surface area (Å²) in [5, 5.41) is 2.69. The minimum atomic E-state index is -3.83. The fourth-order valence-electron chi connectivity index (χ4n) is 2.78. The van der Waals surface area contributed by atoms with Crippen LogP contribution < -0.4 is 10.9 Å². The molecule has 1 aromatic rings. The lowest BCUT2D eigenvalue weighted by molar-refractivity contribution is -0.122. The topological polar surface area (TPSA) is 88.5 Å². The van der Waals surface area contributed by atoms with Gasteiger partial charge in [0.25, 0.3) is 5.56 Å². The van der Waals surface area contributed by atoms with Crippen molar-refractivity contribution in [2.24, 2.45) is 0 Å². The first-order valence-corrected chi connectivity index (χ1v) is 9.75. The molecule has 7 nitrogen and oxygen atoms in total. The third kappa shape index (κ3) is 4.45. The maximum atomic E-state index is 12.8. The molecule has 0 unspecified atom stereocenters. The van der Waals surface area contributed by atoms with Crippen LogP contribution >= 0.6 is 0 Å². The zero-order valence-corrected chi connectivity index (χ0v) is 15.0. The average molecular weight is 355 g/mol. The molecule has 1 fully saturated rings. The standard InChI is InChI=1S/C16H25N3O4S/c1-13(2)17-15(20)12-18-9-7-8-14(16(18)21)24(22,23)19-10-5-3-4-6-11-19/h7-9,13H,3-6,10-12H2,1-2H3,(H,17,20). The van der Waals surface area contributed by atoms with Crippen LogP contribution in [0.2, 0.25) is 0 Å². The van der Waals surface area contributed by atoms with Crippen molar-refractivity contribution < 1.29 is 13.2 Å². The summed E-state index contributed by atoms with van der Waals surface area (Å²) in [7, 11) is -3.83. The van der Waals surface area contributed by atoms with Gasteiger partial charge in [0.15, 0.2) is 0 Å². The number of carbonyl (C=O) groups excluding carboxylic acids is 1. The Morgan fingerprint density at radius 2 is 1.83 bits per heavy atom. The zero-order chi connectivity index (χ0) is 17.7. The van der Waals surface area contributed by atoms with Crippen LogP contribution in [0.1, 0.15) is 39.5 Å². The Kier molecular flexibility index (Phi) is 6.17. The largest absolute Gasteiger partial charge is 0.352 e. The Morgan fingerprint density at radius 1 is 1.21 bits per heavy atom. The van der Waals surface area contributed by atoms with Gasteiger partial charge in [0.05, 0.1) is 0 Å². The molecule has 1 aromatic heterocycles. The number of nitrogens with zero attached hydrogens (tertiary/aromatic N) is 2. The van der Waals surface area contributed by atoms with Gasteiger partial charge in [-0.3, -0.25) is 9.59 Å². The van der Waals surface area contributed by atoms with Crippen LogP contribution in [0.4, 0.5) is 0 Å². The van der Waals surface area contributed by atoms with Gasteiger partial charge in [-0.2, -0.15) is 4.31 Å². The lowest BCUT2D eigenvalue weighted by Crippen LogP contribution is -2.39. The molecule has 0 atom stereocenters. The van der Waals surface area contributed by atoms with E-state index >= 15 is 0 Å². The van der Waals surface area contributed by atoms with E-state index in [1.807, 2.05) is 13.8 Å². The van der Waals surface area contributed by atoms with Gasteiger partial charge in [-0.25, -0.2) is 8.42 Å².